The SMILES string of the molecule is CC[C@H](Oc1ccc(C(C)(C)C)cc1)C(=O)N[C@@H](C)c1ccc(F)cc1. The molecule has 1 amide bonds. The third-order valence-corrected chi connectivity index (χ3v) is 4.39. The van der Waals surface area contributed by atoms with Crippen LogP contribution in [0, 0.1) is 5.82 Å². The Kier molecular flexibility index (Phi) is 6.41. The predicted octanol–water partition coefficient (Wildman–Crippen LogP) is 5.16. The molecule has 3 nitrogen and oxygen atoms in total. The van der Waals surface area contributed by atoms with Crippen LogP contribution >= 0.6 is 0 Å². The number of nitrogens with one attached hydrogen (secondary N) is 1. The third-order valence-electron chi connectivity index (χ3n) is 4.39. The molecule has 0 bridgehead atoms. The molecule has 0 saturated heterocycles. The fourth-order valence-corrected chi connectivity index (χ4v) is 2.66. The van der Waals surface area contributed by atoms with Crippen molar-refractivity contribution >= 4 is 5.91 Å². The molecule has 2 aromatic rings. The topological polar surface area (TPSA) is 38.3 Å². The highest BCUT2D eigenvalue weighted by Crippen LogP contribution is 2.25. The van der Waals surface area contributed by atoms with Crippen molar-refractivity contribution in [2.45, 2.75) is 58.6 Å². The molecule has 2 aromatic carbocycles. The van der Waals surface area contributed by atoms with Gasteiger partial charge >= 0.3 is 0 Å². The lowest BCUT2D eigenvalue weighted by Crippen LogP contribution is -2.39. The van der Waals surface area contributed by atoms with Crippen LogP contribution < -0.4 is 10.1 Å². The van der Waals surface area contributed by atoms with Gasteiger partial charge in [0.1, 0.15) is 11.6 Å². The van der Waals surface area contributed by atoms with Gasteiger partial charge in [0.25, 0.3) is 5.91 Å². The number of hydrogen-bond acceptors (Lipinski definition) is 2. The number of hydrogen-bond donors (Lipinski definition) is 1. The normalized spacial score (nSPS) is 13.8. The van der Waals surface area contributed by atoms with E-state index in [0.29, 0.717) is 12.2 Å². The Labute approximate surface area is 155 Å². The average molecular weight is 357 g/mol. The summed E-state index contributed by atoms with van der Waals surface area (Å²) in [5.41, 5.74) is 2.14. The van der Waals surface area contributed by atoms with Crippen LogP contribution in [0.3, 0.4) is 0 Å². The number of rotatable bonds is 6. The molecule has 0 spiro atoms. The van der Waals surface area contributed by atoms with Crippen LogP contribution in [-0.4, -0.2) is 12.0 Å². The molecule has 4 heteroatoms. The zero-order chi connectivity index (χ0) is 19.3. The smallest absolute Gasteiger partial charge is 0.261 e. The van der Waals surface area contributed by atoms with Gasteiger partial charge in [-0.3, -0.25) is 4.79 Å². The summed E-state index contributed by atoms with van der Waals surface area (Å²) < 4.78 is 18.9. The van der Waals surface area contributed by atoms with Gasteiger partial charge < -0.3 is 10.1 Å². The monoisotopic (exact) mass is 357 g/mol. The second-order valence-electron chi connectivity index (χ2n) is 7.57. The maximum Gasteiger partial charge on any atom is 0.261 e. The molecule has 0 aliphatic rings. The Balaban J connectivity index is 2.00. The van der Waals surface area contributed by atoms with E-state index in [0.717, 1.165) is 5.56 Å². The number of halogens is 1. The minimum atomic E-state index is -0.571. The molecule has 140 valence electrons. The Morgan fingerprint density at radius 3 is 2.15 bits per heavy atom. The second kappa shape index (κ2) is 8.35. The first-order valence-electron chi connectivity index (χ1n) is 9.03. The van der Waals surface area contributed by atoms with Gasteiger partial charge in [-0.1, -0.05) is 52.0 Å². The summed E-state index contributed by atoms with van der Waals surface area (Å²) in [5, 5.41) is 2.94. The van der Waals surface area contributed by atoms with Gasteiger partial charge in [-0.2, -0.15) is 0 Å². The van der Waals surface area contributed by atoms with Crippen molar-refractivity contribution in [3.63, 3.8) is 0 Å². The lowest BCUT2D eigenvalue weighted by atomic mass is 9.87. The van der Waals surface area contributed by atoms with Gasteiger partial charge in [-0.25, -0.2) is 4.39 Å². The van der Waals surface area contributed by atoms with Crippen molar-refractivity contribution in [1.29, 1.82) is 0 Å². The zero-order valence-electron chi connectivity index (χ0n) is 16.2. The Morgan fingerprint density at radius 1 is 1.08 bits per heavy atom. The minimum absolute atomic E-state index is 0.0741. The van der Waals surface area contributed by atoms with E-state index in [1.165, 1.54) is 17.7 Å². The Hall–Kier alpha value is -2.36. The number of benzene rings is 2. The highest BCUT2D eigenvalue weighted by atomic mass is 19.1. The van der Waals surface area contributed by atoms with Gasteiger partial charge in [0, 0.05) is 0 Å². The third kappa shape index (κ3) is 5.32. The van der Waals surface area contributed by atoms with Crippen LogP contribution in [-0.2, 0) is 10.2 Å². The van der Waals surface area contributed by atoms with Crippen molar-refractivity contribution in [3.05, 3.63) is 65.5 Å². The molecule has 0 aliphatic carbocycles. The van der Waals surface area contributed by atoms with Gasteiger partial charge in [0.05, 0.1) is 6.04 Å². The molecular formula is C22H28FNO2. The van der Waals surface area contributed by atoms with E-state index in [4.69, 9.17) is 4.74 Å². The summed E-state index contributed by atoms with van der Waals surface area (Å²) >= 11 is 0. The summed E-state index contributed by atoms with van der Waals surface area (Å²) in [4.78, 5) is 12.5. The first kappa shape index (κ1) is 20.0. The van der Waals surface area contributed by atoms with Crippen molar-refractivity contribution < 1.29 is 13.9 Å². The van der Waals surface area contributed by atoms with Crippen LogP contribution in [0.25, 0.3) is 0 Å². The first-order valence-corrected chi connectivity index (χ1v) is 9.03. The summed E-state index contributed by atoms with van der Waals surface area (Å²) in [6, 6.07) is 13.8. The first-order chi connectivity index (χ1) is 12.2. The van der Waals surface area contributed by atoms with Gasteiger partial charge in [0.2, 0.25) is 0 Å². The maximum absolute atomic E-state index is 13.0. The van der Waals surface area contributed by atoms with Crippen LogP contribution in [0.1, 0.15) is 58.2 Å². The Bertz CT molecular complexity index is 717. The van der Waals surface area contributed by atoms with Crippen molar-refractivity contribution in [2.75, 3.05) is 0 Å². The molecule has 0 heterocycles. The molecule has 2 atom stereocenters. The molecule has 0 saturated carbocycles. The summed E-state index contributed by atoms with van der Waals surface area (Å²) in [6.07, 6.45) is -0.0124. The standard InChI is InChI=1S/C22H28FNO2/c1-6-20(26-19-13-9-17(10-14-19)22(3,4)5)21(25)24-15(2)16-7-11-18(23)12-8-16/h7-15,20H,6H2,1-5H3,(H,24,25)/t15-,20-/m0/s1. The van der Waals surface area contributed by atoms with Gasteiger partial charge in [-0.15, -0.1) is 0 Å². The van der Waals surface area contributed by atoms with Crippen molar-refractivity contribution in [1.82, 2.24) is 5.32 Å². The van der Waals surface area contributed by atoms with Crippen LogP contribution in [0.4, 0.5) is 4.39 Å². The second-order valence-corrected chi connectivity index (χ2v) is 7.57. The lowest BCUT2D eigenvalue weighted by Gasteiger charge is -2.22. The van der Waals surface area contributed by atoms with Crippen LogP contribution in [0.5, 0.6) is 5.75 Å². The summed E-state index contributed by atoms with van der Waals surface area (Å²) in [7, 11) is 0. The minimum Gasteiger partial charge on any atom is -0.481 e. The van der Waals surface area contributed by atoms with E-state index in [1.54, 1.807) is 12.1 Å². The van der Waals surface area contributed by atoms with Crippen molar-refractivity contribution in [2.24, 2.45) is 0 Å². The Morgan fingerprint density at radius 2 is 1.65 bits per heavy atom. The van der Waals surface area contributed by atoms with E-state index >= 15 is 0 Å². The highest BCUT2D eigenvalue weighted by molar-refractivity contribution is 5.81. The van der Waals surface area contributed by atoms with E-state index in [-0.39, 0.29) is 23.2 Å². The fraction of sp³-hybridized carbons (Fsp3) is 0.409. The van der Waals surface area contributed by atoms with E-state index in [2.05, 4.69) is 26.1 Å². The largest absolute Gasteiger partial charge is 0.481 e. The predicted molar refractivity (Wildman–Crippen MR) is 103 cm³/mol. The molecule has 0 radical (unpaired) electrons. The van der Waals surface area contributed by atoms with E-state index < -0.39 is 6.10 Å². The average Bonchev–Trinajstić information content (AvgIpc) is 2.59. The molecule has 1 N–H and O–H groups in total. The van der Waals surface area contributed by atoms with Crippen molar-refractivity contribution in [3.8, 4) is 5.75 Å². The van der Waals surface area contributed by atoms with Gasteiger partial charge in [0.15, 0.2) is 6.10 Å². The number of carbonyl (C=O) groups is 1. The van der Waals surface area contributed by atoms with Crippen LogP contribution in [0.2, 0.25) is 0 Å². The highest BCUT2D eigenvalue weighted by Gasteiger charge is 2.21. The molecular weight excluding hydrogens is 329 g/mol. The van der Waals surface area contributed by atoms with Crippen LogP contribution in [0.15, 0.2) is 48.5 Å². The molecule has 2 rings (SSSR count). The fourth-order valence-electron chi connectivity index (χ4n) is 2.66. The van der Waals surface area contributed by atoms with E-state index in [9.17, 15) is 9.18 Å². The molecule has 0 unspecified atom stereocenters. The lowest BCUT2D eigenvalue weighted by molar-refractivity contribution is -0.128. The summed E-state index contributed by atoms with van der Waals surface area (Å²) in [6.45, 7) is 10.2. The number of amides is 1. The number of carbonyl (C=O) groups excluding carboxylic acids is 1. The molecule has 0 fully saturated rings. The van der Waals surface area contributed by atoms with E-state index in [1.807, 2.05) is 38.1 Å². The quantitative estimate of drug-likeness (QED) is 0.776. The molecule has 26 heavy (non-hydrogen) atoms. The molecule has 0 aromatic heterocycles. The zero-order valence-corrected chi connectivity index (χ0v) is 16.2. The number of ether oxygens (including phenoxy) is 1. The molecule has 0 aliphatic heterocycles. The maximum atomic E-state index is 13.0. The van der Waals surface area contributed by atoms with Gasteiger partial charge in [-0.05, 0) is 54.2 Å². The summed E-state index contributed by atoms with van der Waals surface area (Å²) in [5.74, 6) is 0.208.